The SMILES string of the molecule is CC[C@H](NC(=O)Nc1cccc(Cl)c1)C(=O)O. The Kier molecular flexibility index (Phi) is 4.78. The van der Waals surface area contributed by atoms with Crippen LogP contribution in [0.1, 0.15) is 13.3 Å². The normalized spacial score (nSPS) is 11.6. The van der Waals surface area contributed by atoms with Crippen molar-refractivity contribution in [3.8, 4) is 0 Å². The van der Waals surface area contributed by atoms with Crippen LogP contribution in [-0.2, 0) is 4.79 Å². The molecule has 0 bridgehead atoms. The van der Waals surface area contributed by atoms with Gasteiger partial charge in [0, 0.05) is 10.7 Å². The van der Waals surface area contributed by atoms with Crippen LogP contribution in [0, 0.1) is 0 Å². The van der Waals surface area contributed by atoms with Gasteiger partial charge in [-0.1, -0.05) is 24.6 Å². The highest BCUT2D eigenvalue weighted by atomic mass is 35.5. The molecule has 0 spiro atoms. The molecule has 6 heteroatoms. The summed E-state index contributed by atoms with van der Waals surface area (Å²) in [6, 6.07) is 5.13. The predicted molar refractivity (Wildman–Crippen MR) is 65.3 cm³/mol. The van der Waals surface area contributed by atoms with Gasteiger partial charge in [-0.15, -0.1) is 0 Å². The minimum atomic E-state index is -1.06. The molecule has 0 fully saturated rings. The first-order valence-electron chi connectivity index (χ1n) is 5.08. The van der Waals surface area contributed by atoms with Gasteiger partial charge in [-0.2, -0.15) is 0 Å². The molecule has 17 heavy (non-hydrogen) atoms. The number of halogens is 1. The Morgan fingerprint density at radius 1 is 1.47 bits per heavy atom. The van der Waals surface area contributed by atoms with Gasteiger partial charge in [0.1, 0.15) is 6.04 Å². The average Bonchev–Trinajstić information content (AvgIpc) is 2.25. The van der Waals surface area contributed by atoms with Crippen LogP contribution in [0.25, 0.3) is 0 Å². The average molecular weight is 257 g/mol. The van der Waals surface area contributed by atoms with E-state index in [-0.39, 0.29) is 0 Å². The molecule has 0 saturated heterocycles. The zero-order valence-electron chi connectivity index (χ0n) is 9.24. The Labute approximate surface area is 104 Å². The molecule has 1 atom stereocenters. The van der Waals surface area contributed by atoms with E-state index in [0.717, 1.165) is 0 Å². The first kappa shape index (κ1) is 13.3. The van der Waals surface area contributed by atoms with Crippen molar-refractivity contribution in [3.63, 3.8) is 0 Å². The number of carbonyl (C=O) groups excluding carboxylic acids is 1. The maximum Gasteiger partial charge on any atom is 0.326 e. The van der Waals surface area contributed by atoms with E-state index in [2.05, 4.69) is 10.6 Å². The summed E-state index contributed by atoms with van der Waals surface area (Å²) in [6.07, 6.45) is 0.318. The Morgan fingerprint density at radius 2 is 2.18 bits per heavy atom. The highest BCUT2D eigenvalue weighted by molar-refractivity contribution is 6.30. The van der Waals surface area contributed by atoms with Gasteiger partial charge in [0.15, 0.2) is 0 Å². The number of hydrogen-bond acceptors (Lipinski definition) is 2. The van der Waals surface area contributed by atoms with Gasteiger partial charge in [-0.05, 0) is 24.6 Å². The minimum Gasteiger partial charge on any atom is -0.480 e. The number of nitrogens with one attached hydrogen (secondary N) is 2. The highest BCUT2D eigenvalue weighted by Gasteiger charge is 2.17. The lowest BCUT2D eigenvalue weighted by atomic mass is 10.2. The van der Waals surface area contributed by atoms with E-state index >= 15 is 0 Å². The van der Waals surface area contributed by atoms with Gasteiger partial charge in [0.2, 0.25) is 0 Å². The fourth-order valence-corrected chi connectivity index (χ4v) is 1.42. The first-order valence-corrected chi connectivity index (χ1v) is 5.46. The molecule has 1 rings (SSSR count). The van der Waals surface area contributed by atoms with Crippen molar-refractivity contribution >= 4 is 29.3 Å². The second-order valence-corrected chi connectivity index (χ2v) is 3.84. The fourth-order valence-electron chi connectivity index (χ4n) is 1.23. The fraction of sp³-hybridized carbons (Fsp3) is 0.273. The van der Waals surface area contributed by atoms with Crippen molar-refractivity contribution in [1.82, 2.24) is 5.32 Å². The van der Waals surface area contributed by atoms with E-state index in [9.17, 15) is 9.59 Å². The number of aliphatic carboxylic acids is 1. The molecule has 92 valence electrons. The Balaban J connectivity index is 2.58. The standard InChI is InChI=1S/C11H13ClN2O3/c1-2-9(10(15)16)14-11(17)13-8-5-3-4-7(12)6-8/h3-6,9H,2H2,1H3,(H,15,16)(H2,13,14,17)/t9-/m0/s1. The maximum atomic E-state index is 11.5. The van der Waals surface area contributed by atoms with Crippen LogP contribution in [0.2, 0.25) is 5.02 Å². The van der Waals surface area contributed by atoms with Crippen LogP contribution in [0.3, 0.4) is 0 Å². The van der Waals surface area contributed by atoms with Gasteiger partial charge < -0.3 is 15.7 Å². The molecule has 0 unspecified atom stereocenters. The third-order valence-corrected chi connectivity index (χ3v) is 2.33. The minimum absolute atomic E-state index is 0.318. The van der Waals surface area contributed by atoms with E-state index in [4.69, 9.17) is 16.7 Å². The summed E-state index contributed by atoms with van der Waals surface area (Å²) in [6.45, 7) is 1.68. The first-order chi connectivity index (χ1) is 8.02. The molecule has 2 amide bonds. The third-order valence-electron chi connectivity index (χ3n) is 2.09. The number of rotatable bonds is 4. The number of carboxylic acid groups (broad SMARTS) is 1. The van der Waals surface area contributed by atoms with Gasteiger partial charge >= 0.3 is 12.0 Å². The van der Waals surface area contributed by atoms with Gasteiger partial charge in [-0.3, -0.25) is 0 Å². The summed E-state index contributed by atoms with van der Waals surface area (Å²) in [5.41, 5.74) is 0.509. The molecule has 0 aromatic heterocycles. The van der Waals surface area contributed by atoms with E-state index in [1.54, 1.807) is 31.2 Å². The summed E-state index contributed by atoms with van der Waals surface area (Å²) in [4.78, 5) is 22.2. The molecular weight excluding hydrogens is 244 g/mol. The topological polar surface area (TPSA) is 78.4 Å². The van der Waals surface area contributed by atoms with Gasteiger partial charge in [-0.25, -0.2) is 9.59 Å². The van der Waals surface area contributed by atoms with Crippen molar-refractivity contribution in [2.24, 2.45) is 0 Å². The second kappa shape index (κ2) is 6.10. The van der Waals surface area contributed by atoms with Gasteiger partial charge in [0.05, 0.1) is 0 Å². The molecule has 0 heterocycles. The summed E-state index contributed by atoms with van der Waals surface area (Å²) in [7, 11) is 0. The monoisotopic (exact) mass is 256 g/mol. The molecular formula is C11H13ClN2O3. The number of anilines is 1. The molecule has 0 aliphatic rings. The Bertz CT molecular complexity index is 423. The molecule has 0 aliphatic carbocycles. The molecule has 0 saturated carbocycles. The van der Waals surface area contributed by atoms with Crippen LogP contribution in [0.15, 0.2) is 24.3 Å². The molecule has 1 aromatic carbocycles. The van der Waals surface area contributed by atoms with Crippen molar-refractivity contribution in [1.29, 1.82) is 0 Å². The lowest BCUT2D eigenvalue weighted by Crippen LogP contribution is -2.42. The van der Waals surface area contributed by atoms with Crippen LogP contribution >= 0.6 is 11.6 Å². The largest absolute Gasteiger partial charge is 0.480 e. The number of benzene rings is 1. The van der Waals surface area contributed by atoms with Gasteiger partial charge in [0.25, 0.3) is 0 Å². The van der Waals surface area contributed by atoms with E-state index in [1.807, 2.05) is 0 Å². The Hall–Kier alpha value is -1.75. The quantitative estimate of drug-likeness (QED) is 0.774. The summed E-state index contributed by atoms with van der Waals surface area (Å²) >= 11 is 5.75. The molecule has 0 radical (unpaired) electrons. The predicted octanol–water partition coefficient (Wildman–Crippen LogP) is 2.32. The molecule has 3 N–H and O–H groups in total. The zero-order valence-corrected chi connectivity index (χ0v) is 9.99. The molecule has 1 aromatic rings. The Morgan fingerprint density at radius 3 is 2.71 bits per heavy atom. The smallest absolute Gasteiger partial charge is 0.326 e. The third kappa shape index (κ3) is 4.32. The summed E-state index contributed by atoms with van der Waals surface area (Å²) in [5, 5.41) is 14.1. The lowest BCUT2D eigenvalue weighted by molar-refractivity contribution is -0.139. The number of amides is 2. The maximum absolute atomic E-state index is 11.5. The number of carboxylic acids is 1. The summed E-state index contributed by atoms with van der Waals surface area (Å²) in [5.74, 6) is -1.06. The molecule has 5 nitrogen and oxygen atoms in total. The highest BCUT2D eigenvalue weighted by Crippen LogP contribution is 2.14. The van der Waals surface area contributed by atoms with Crippen LogP contribution in [0.4, 0.5) is 10.5 Å². The second-order valence-electron chi connectivity index (χ2n) is 3.41. The number of carbonyl (C=O) groups is 2. The van der Waals surface area contributed by atoms with E-state index < -0.39 is 18.0 Å². The van der Waals surface area contributed by atoms with Crippen LogP contribution in [-0.4, -0.2) is 23.1 Å². The van der Waals surface area contributed by atoms with E-state index in [1.165, 1.54) is 0 Å². The number of hydrogen-bond donors (Lipinski definition) is 3. The summed E-state index contributed by atoms with van der Waals surface area (Å²) < 4.78 is 0. The molecule has 0 aliphatic heterocycles. The van der Waals surface area contributed by atoms with Crippen LogP contribution < -0.4 is 10.6 Å². The number of urea groups is 1. The zero-order chi connectivity index (χ0) is 12.8. The van der Waals surface area contributed by atoms with Crippen molar-refractivity contribution in [2.45, 2.75) is 19.4 Å². The van der Waals surface area contributed by atoms with Crippen molar-refractivity contribution < 1.29 is 14.7 Å². The van der Waals surface area contributed by atoms with Crippen molar-refractivity contribution in [2.75, 3.05) is 5.32 Å². The van der Waals surface area contributed by atoms with Crippen molar-refractivity contribution in [3.05, 3.63) is 29.3 Å². The van der Waals surface area contributed by atoms with E-state index in [0.29, 0.717) is 17.1 Å². The van der Waals surface area contributed by atoms with Crippen LogP contribution in [0.5, 0.6) is 0 Å². The lowest BCUT2D eigenvalue weighted by Gasteiger charge is -2.13.